The van der Waals surface area contributed by atoms with Crippen molar-refractivity contribution in [2.24, 2.45) is 29.4 Å². The Morgan fingerprint density at radius 3 is 1.05 bits per heavy atom. The first-order valence-corrected chi connectivity index (χ1v) is 49.5. The number of nitrogens with one attached hydrogen (secondary N) is 4. The maximum Gasteiger partial charge on any atom is 0.255 e. The molecule has 5 aromatic heterocycles. The molecule has 10 N–H and O–H groups in total. The van der Waals surface area contributed by atoms with Crippen molar-refractivity contribution in [3.8, 4) is 32.2 Å². The van der Waals surface area contributed by atoms with Crippen LogP contribution in [-0.2, 0) is 82.4 Å². The molecule has 1 unspecified atom stereocenters. The van der Waals surface area contributed by atoms with Crippen molar-refractivity contribution in [1.82, 2.24) is 76.1 Å². The zero-order valence-electron chi connectivity index (χ0n) is 81.4. The molecule has 0 radical (unpaired) electrons. The number of aliphatic hydroxyl groups is 4. The van der Waals surface area contributed by atoms with Gasteiger partial charge in [0.05, 0.1) is 74.2 Å². The Hall–Kier alpha value is -14.0. The third-order valence-corrected chi connectivity index (χ3v) is 28.4. The van der Waals surface area contributed by atoms with Gasteiger partial charge in [-0.1, -0.05) is 204 Å². The molecule has 10 amide bonds. The van der Waals surface area contributed by atoms with Crippen molar-refractivity contribution in [1.29, 1.82) is 0 Å². The molecule has 4 saturated heterocycles. The van der Waals surface area contributed by atoms with Gasteiger partial charge in [0, 0.05) is 138 Å². The van der Waals surface area contributed by atoms with Crippen molar-refractivity contribution >= 4 is 93.6 Å². The number of nitrogens with two attached hydrogens (primary N) is 1. The summed E-state index contributed by atoms with van der Waals surface area (Å²) in [5.74, 6) is -2.73. The zero-order chi connectivity index (χ0) is 102. The number of amides is 10. The minimum absolute atomic E-state index is 0.0315. The summed E-state index contributed by atoms with van der Waals surface area (Å²) < 4.78 is 15.9. The number of β-amino-alcohol motifs (C(OH)–C–C–N with tert-alkyl or cyclic N) is 4. The molecule has 746 valence electrons. The van der Waals surface area contributed by atoms with E-state index >= 15 is 0 Å². The number of nitrogens with zero attached hydrogens (tertiary/aromatic N) is 11. The highest BCUT2D eigenvalue weighted by molar-refractivity contribution is 7.13. The van der Waals surface area contributed by atoms with Crippen LogP contribution >= 0.6 is 22.7 Å². The molecule has 0 spiro atoms. The molecule has 142 heavy (non-hydrogen) atoms. The normalized spacial score (nSPS) is 19.5. The molecule has 6 aliphatic rings. The van der Waals surface area contributed by atoms with Crippen LogP contribution in [0.5, 0.6) is 0 Å². The molecule has 11 aromatic rings. The van der Waals surface area contributed by atoms with E-state index in [1.54, 1.807) is 113 Å². The molecule has 6 aliphatic heterocycles. The van der Waals surface area contributed by atoms with Crippen molar-refractivity contribution in [3.05, 3.63) is 272 Å². The summed E-state index contributed by atoms with van der Waals surface area (Å²) in [4.78, 5) is 164. The lowest BCUT2D eigenvalue weighted by atomic mass is 9.91. The Kier molecular flexibility index (Phi) is 34.0. The number of thiazole rings is 2. The van der Waals surface area contributed by atoms with Crippen LogP contribution in [0.1, 0.15) is 187 Å². The van der Waals surface area contributed by atoms with Crippen LogP contribution in [0.3, 0.4) is 0 Å². The number of hydrogen-bond donors (Lipinski definition) is 9. The highest BCUT2D eigenvalue weighted by Gasteiger charge is 2.50. The number of carbonyl (C=O) groups excluding carboxylic acids is 11. The Labute approximate surface area is 831 Å². The summed E-state index contributed by atoms with van der Waals surface area (Å²) >= 11 is 3.20. The summed E-state index contributed by atoms with van der Waals surface area (Å²) in [6.07, 6.45) is 1.06. The highest BCUT2D eigenvalue weighted by Crippen LogP contribution is 2.38. The Morgan fingerprint density at radius 1 is 0.437 bits per heavy atom. The van der Waals surface area contributed by atoms with Crippen molar-refractivity contribution in [2.75, 3.05) is 26.2 Å². The number of aromatic nitrogens is 5. The number of benzene rings is 6. The van der Waals surface area contributed by atoms with Crippen molar-refractivity contribution < 1.29 is 86.7 Å². The predicted molar refractivity (Wildman–Crippen MR) is 531 cm³/mol. The number of aliphatic hydroxyl groups excluding tert-OH is 4. The van der Waals surface area contributed by atoms with Crippen molar-refractivity contribution in [2.45, 2.75) is 221 Å². The van der Waals surface area contributed by atoms with Crippen LogP contribution < -0.4 is 27.0 Å². The number of allylic oxidation sites excluding steroid dienone is 1. The molecular formula is C106H122N16O18S2. The Morgan fingerprint density at radius 2 is 0.768 bits per heavy atom. The van der Waals surface area contributed by atoms with Gasteiger partial charge >= 0.3 is 0 Å². The molecule has 34 nitrogen and oxygen atoms in total. The molecule has 0 bridgehead atoms. The van der Waals surface area contributed by atoms with E-state index in [-0.39, 0.29) is 148 Å². The number of hydrogen-bond acceptors (Lipinski definition) is 26. The van der Waals surface area contributed by atoms with Crippen LogP contribution in [0.25, 0.3) is 37.8 Å². The molecule has 0 aliphatic carbocycles. The summed E-state index contributed by atoms with van der Waals surface area (Å²) in [6.45, 7) is 25.0. The number of fused-ring (bicyclic) bond motifs is 2. The number of rotatable bonds is 29. The highest BCUT2D eigenvalue weighted by atomic mass is 32.1. The van der Waals surface area contributed by atoms with Gasteiger partial charge in [-0.15, -0.1) is 22.7 Å². The van der Waals surface area contributed by atoms with E-state index in [1.807, 2.05) is 183 Å². The van der Waals surface area contributed by atoms with Crippen LogP contribution in [0.4, 0.5) is 0 Å². The SMILES string of the molecule is CC(C)[C@@H](C(=O)N1C[C@H](O)C[C@H]1C(=O)NCc1ccc(-c2ccno2)cc1)N1Cc2ccccc2C1=O.CC(C)[C@@H](C(=O)N1C[C@H](O)C[C@H]1C(=O)NCc1ccc(C(C=O)=CN)cc1)N1Cc2ccccc2C1=O.Cc1cc(C(C(=O)N2C[C@H](O)C[C@H]2C(=O)NCc2ccc(-c3scnc3C)cc2)C(C)C)on1.Cc1cc([C@@H](C(=O)N2C[C@H](O)C[C@H]2C(=O)NCc2ccc(-c3scnc3C)cc2)C(C)C)on1. The molecular weight excluding hydrogens is 1850 g/mol. The maximum absolute atomic E-state index is 13.8. The Balaban J connectivity index is 0.000000151. The van der Waals surface area contributed by atoms with Crippen LogP contribution in [0.2, 0.25) is 0 Å². The minimum Gasteiger partial charge on any atom is -0.404 e. The first-order chi connectivity index (χ1) is 68.1. The van der Waals surface area contributed by atoms with Crippen molar-refractivity contribution in [3.63, 3.8) is 0 Å². The second-order valence-electron chi connectivity index (χ2n) is 38.1. The van der Waals surface area contributed by atoms with E-state index in [2.05, 4.69) is 46.7 Å². The molecule has 17 rings (SSSR count). The van der Waals surface area contributed by atoms with E-state index in [1.165, 1.54) is 25.8 Å². The predicted octanol–water partition coefficient (Wildman–Crippen LogP) is 10.9. The van der Waals surface area contributed by atoms with Crippen LogP contribution in [0, 0.1) is 51.4 Å². The average Bonchev–Trinajstić information content (AvgIpc) is 1.60. The van der Waals surface area contributed by atoms with Gasteiger partial charge in [0.15, 0.2) is 12.0 Å². The monoisotopic (exact) mass is 1970 g/mol. The lowest BCUT2D eigenvalue weighted by Crippen LogP contribution is -2.55. The first-order valence-electron chi connectivity index (χ1n) is 47.7. The fourth-order valence-electron chi connectivity index (χ4n) is 19.1. The summed E-state index contributed by atoms with van der Waals surface area (Å²) in [5.41, 5.74) is 23.1. The second-order valence-corrected chi connectivity index (χ2v) is 39.8. The van der Waals surface area contributed by atoms with Gasteiger partial charge < -0.3 is 90.4 Å². The third-order valence-electron chi connectivity index (χ3n) is 26.4. The molecule has 0 saturated carbocycles. The summed E-state index contributed by atoms with van der Waals surface area (Å²) in [5, 5.41) is 64.5. The van der Waals surface area contributed by atoms with Gasteiger partial charge in [-0.3, -0.25) is 52.7 Å². The molecule has 36 heteroatoms. The maximum atomic E-state index is 13.8. The molecule has 11 heterocycles. The fraction of sp³-hybridized carbons (Fsp3) is 0.396. The zero-order valence-corrected chi connectivity index (χ0v) is 83.1. The van der Waals surface area contributed by atoms with Gasteiger partial charge in [0.2, 0.25) is 47.3 Å². The summed E-state index contributed by atoms with van der Waals surface area (Å²) in [7, 11) is 0. The molecule has 4 fully saturated rings. The number of aldehydes is 1. The lowest BCUT2D eigenvalue weighted by Gasteiger charge is -2.35. The standard InChI is InChI=1S/C28H30N4O5.C28H32N4O5.2C25H30N4O4S/c1-17(2)25(32-15-20-5-3-4-6-22(20)27(32)35)28(36)31-16-21(33)13-23(31)26(34)29-14-18-7-9-19(10-8-18)24-11-12-30-37-24;1-17(2)25(32-14-20-5-3-4-6-23(20)27(32)36)28(37)31-15-22(34)11-24(31)26(35)30-13-18-7-9-19(10-8-18)21(12-29)16-33;2*1-14(2)22(21-9-15(3)28-33-21)25(32)29-12-19(30)10-20(29)24(31)26-11-17-5-7-18(8-6-17)23-16(4)27-13-34-23/h3-12,17,21,23,25,33H,13-16H2,1-2H3,(H,29,34);3-10,12,16-17,22,24-25,34H,11,13-15,29H2,1-2H3,(H,30,35);2*5-9,13-14,19-20,22,30H,10-12H2,1-4H3,(H,26,31)/t21-,23+,25+;22-,24+,25+;19-,20+,22?;19-,20+,22+/m1111/s1. The Bertz CT molecular complexity index is 6150. The average molecular weight is 1970 g/mol. The largest absolute Gasteiger partial charge is 0.404 e. The lowest BCUT2D eigenvalue weighted by molar-refractivity contribution is -0.143. The fourth-order valence-corrected chi connectivity index (χ4v) is 20.7. The second kappa shape index (κ2) is 46.6. The van der Waals surface area contributed by atoms with E-state index in [0.29, 0.717) is 83.4 Å². The van der Waals surface area contributed by atoms with Gasteiger partial charge in [-0.05, 0) is 114 Å². The van der Waals surface area contributed by atoms with E-state index < -0.39 is 72.5 Å². The topological polar surface area (TPSA) is 466 Å². The minimum atomic E-state index is -0.843. The smallest absolute Gasteiger partial charge is 0.255 e. The van der Waals surface area contributed by atoms with E-state index in [9.17, 15) is 73.2 Å². The van der Waals surface area contributed by atoms with Gasteiger partial charge in [-0.2, -0.15) is 0 Å². The van der Waals surface area contributed by atoms with Gasteiger partial charge in [-0.25, -0.2) is 9.97 Å². The van der Waals surface area contributed by atoms with E-state index in [0.717, 1.165) is 71.2 Å². The molecule has 6 aromatic carbocycles. The number of aryl methyl sites for hydroxylation is 4. The van der Waals surface area contributed by atoms with E-state index in [4.69, 9.17) is 19.3 Å². The number of likely N-dealkylation sites (tertiary alicyclic amines) is 4. The molecule has 12 atom stereocenters. The number of carbonyl (C=O) groups is 11. The van der Waals surface area contributed by atoms with Gasteiger partial charge in [0.25, 0.3) is 11.8 Å². The third kappa shape index (κ3) is 24.2. The first kappa shape index (κ1) is 104. The quantitative estimate of drug-likeness (QED) is 0.0155. The van der Waals surface area contributed by atoms with Crippen LogP contribution in [0.15, 0.2) is 201 Å². The van der Waals surface area contributed by atoms with Gasteiger partial charge in [0.1, 0.15) is 59.6 Å². The summed E-state index contributed by atoms with van der Waals surface area (Å²) in [6, 6.07) is 45.9. The van der Waals surface area contributed by atoms with Crippen LogP contribution in [-0.4, -0.2) is 227 Å².